The van der Waals surface area contributed by atoms with Gasteiger partial charge in [-0.05, 0) is 39.0 Å². The number of aliphatic hydroxyl groups is 1. The zero-order valence-electron chi connectivity index (χ0n) is 15.3. The first-order valence-electron chi connectivity index (χ1n) is 9.42. The average Bonchev–Trinajstić information content (AvgIpc) is 2.82. The summed E-state index contributed by atoms with van der Waals surface area (Å²) < 4.78 is 10.5. The molecule has 0 aromatic carbocycles. The Morgan fingerprint density at radius 1 is 1.50 bits per heavy atom. The van der Waals surface area contributed by atoms with Crippen LogP contribution < -0.4 is 5.32 Å². The Morgan fingerprint density at radius 3 is 2.88 bits per heavy atom. The number of hydrogen-bond acceptors (Lipinski definition) is 6. The molecule has 0 radical (unpaired) electrons. The van der Waals surface area contributed by atoms with E-state index in [0.29, 0.717) is 19.3 Å². The summed E-state index contributed by atoms with van der Waals surface area (Å²) in [6.07, 6.45) is 6.82. The summed E-state index contributed by atoms with van der Waals surface area (Å²) >= 11 is 0. The molecule has 0 spiro atoms. The number of esters is 2. The molecule has 0 unspecified atom stereocenters. The van der Waals surface area contributed by atoms with E-state index < -0.39 is 29.1 Å². The largest absolute Gasteiger partial charge is 0.466 e. The highest BCUT2D eigenvalue weighted by molar-refractivity contribution is 6.01. The van der Waals surface area contributed by atoms with Crippen LogP contribution in [-0.4, -0.2) is 46.8 Å². The van der Waals surface area contributed by atoms with Crippen molar-refractivity contribution in [1.29, 1.82) is 0 Å². The maximum atomic E-state index is 12.6. The van der Waals surface area contributed by atoms with E-state index in [4.69, 9.17) is 9.47 Å². The van der Waals surface area contributed by atoms with Crippen LogP contribution in [0.1, 0.15) is 52.4 Å². The molecule has 2 heterocycles. The van der Waals surface area contributed by atoms with Crippen molar-refractivity contribution >= 4 is 17.8 Å². The molecule has 2 fully saturated rings. The van der Waals surface area contributed by atoms with E-state index in [-0.39, 0.29) is 24.4 Å². The van der Waals surface area contributed by atoms with Crippen LogP contribution in [0.25, 0.3) is 0 Å². The van der Waals surface area contributed by atoms with E-state index in [2.05, 4.69) is 5.32 Å². The van der Waals surface area contributed by atoms with Gasteiger partial charge in [-0.2, -0.15) is 0 Å². The molecule has 0 aromatic heterocycles. The Balaban J connectivity index is 1.72. The minimum absolute atomic E-state index is 0.180. The third-order valence-corrected chi connectivity index (χ3v) is 6.04. The standard InChI is InChI=1S/C19H27NO6/c1-3-14(21)25-11-7-10-13-16(23)20-19(17(24)26-18(13,19)2)15(22)12-8-5-4-6-9-12/h5,8,12-13,15,22H,3-4,6-7,9-11H2,1-2H3,(H,20,23)/t12-,13+,15+,18+,19+/m1/s1. The van der Waals surface area contributed by atoms with Crippen LogP contribution in [0.4, 0.5) is 0 Å². The Hall–Kier alpha value is -1.89. The molecule has 7 heteroatoms. The second-order valence-corrected chi connectivity index (χ2v) is 7.53. The van der Waals surface area contributed by atoms with Crippen LogP contribution in [0.2, 0.25) is 0 Å². The molecule has 1 aliphatic carbocycles. The predicted octanol–water partition coefficient (Wildman–Crippen LogP) is 1.24. The van der Waals surface area contributed by atoms with Gasteiger partial charge in [0.1, 0.15) is 0 Å². The van der Waals surface area contributed by atoms with Gasteiger partial charge in [-0.15, -0.1) is 0 Å². The molecule has 26 heavy (non-hydrogen) atoms. The zero-order chi connectivity index (χ0) is 18.9. The van der Waals surface area contributed by atoms with Crippen molar-refractivity contribution in [3.8, 4) is 0 Å². The lowest BCUT2D eigenvalue weighted by atomic mass is 9.64. The van der Waals surface area contributed by atoms with Gasteiger partial charge in [-0.3, -0.25) is 9.59 Å². The summed E-state index contributed by atoms with van der Waals surface area (Å²) in [6, 6.07) is 0. The van der Waals surface area contributed by atoms with E-state index in [0.717, 1.165) is 19.3 Å². The summed E-state index contributed by atoms with van der Waals surface area (Å²) in [5.74, 6) is -1.89. The number of ether oxygens (including phenoxy) is 2. The highest BCUT2D eigenvalue weighted by atomic mass is 16.6. The molecule has 2 saturated heterocycles. The summed E-state index contributed by atoms with van der Waals surface area (Å²) in [7, 11) is 0. The molecule has 7 nitrogen and oxygen atoms in total. The highest BCUT2D eigenvalue weighted by Crippen LogP contribution is 2.53. The Morgan fingerprint density at radius 2 is 2.27 bits per heavy atom. The number of allylic oxidation sites excluding steroid dienone is 1. The monoisotopic (exact) mass is 365 g/mol. The number of nitrogens with one attached hydrogen (secondary N) is 1. The van der Waals surface area contributed by atoms with Crippen LogP contribution in [0.5, 0.6) is 0 Å². The lowest BCUT2D eigenvalue weighted by molar-refractivity contribution is -0.238. The normalized spacial score (nSPS) is 36.6. The Labute approximate surface area is 153 Å². The molecule has 1 amide bonds. The predicted molar refractivity (Wildman–Crippen MR) is 91.8 cm³/mol. The lowest BCUT2D eigenvalue weighted by Crippen LogP contribution is -2.80. The van der Waals surface area contributed by atoms with Gasteiger partial charge in [-0.25, -0.2) is 4.79 Å². The SMILES string of the molecule is CCC(=O)OCCC[C@H]1C(=O)N[C@@]2([C@@H](O)[C@@H]3C=CCCC3)C(=O)O[C@@]12C. The van der Waals surface area contributed by atoms with Crippen molar-refractivity contribution in [1.82, 2.24) is 5.32 Å². The molecule has 3 aliphatic rings. The fourth-order valence-corrected chi connectivity index (χ4v) is 4.46. The van der Waals surface area contributed by atoms with Gasteiger partial charge in [-0.1, -0.05) is 19.1 Å². The van der Waals surface area contributed by atoms with E-state index in [1.54, 1.807) is 13.8 Å². The molecule has 0 saturated carbocycles. The number of hydrogen-bond donors (Lipinski definition) is 2. The van der Waals surface area contributed by atoms with E-state index in [1.807, 2.05) is 12.2 Å². The maximum absolute atomic E-state index is 12.6. The van der Waals surface area contributed by atoms with Gasteiger partial charge >= 0.3 is 11.9 Å². The first-order valence-corrected chi connectivity index (χ1v) is 9.42. The van der Waals surface area contributed by atoms with Crippen LogP contribution in [0.3, 0.4) is 0 Å². The van der Waals surface area contributed by atoms with Gasteiger partial charge < -0.3 is 19.9 Å². The number of carbonyl (C=O) groups excluding carboxylic acids is 3. The molecular formula is C19H27NO6. The Kier molecular flexibility index (Phi) is 5.10. The summed E-state index contributed by atoms with van der Waals surface area (Å²) in [6.45, 7) is 3.66. The van der Waals surface area contributed by atoms with Gasteiger partial charge in [0.15, 0.2) is 5.60 Å². The molecule has 3 rings (SSSR count). The minimum Gasteiger partial charge on any atom is -0.466 e. The quantitative estimate of drug-likeness (QED) is 0.400. The molecule has 2 N–H and O–H groups in total. The van der Waals surface area contributed by atoms with Crippen LogP contribution >= 0.6 is 0 Å². The lowest BCUT2D eigenvalue weighted by Gasteiger charge is -2.54. The van der Waals surface area contributed by atoms with Crippen molar-refractivity contribution in [3.05, 3.63) is 12.2 Å². The summed E-state index contributed by atoms with van der Waals surface area (Å²) in [5, 5.41) is 13.7. The van der Waals surface area contributed by atoms with Crippen LogP contribution in [0, 0.1) is 11.8 Å². The zero-order valence-corrected chi connectivity index (χ0v) is 15.3. The number of carbonyl (C=O) groups is 3. The van der Waals surface area contributed by atoms with Gasteiger partial charge in [0.2, 0.25) is 11.4 Å². The first-order chi connectivity index (χ1) is 12.4. The first kappa shape index (κ1) is 18.9. The Bertz CT molecular complexity index is 632. The molecule has 2 aliphatic heterocycles. The number of rotatable bonds is 7. The van der Waals surface area contributed by atoms with E-state index >= 15 is 0 Å². The van der Waals surface area contributed by atoms with E-state index in [1.165, 1.54) is 0 Å². The molecule has 144 valence electrons. The number of aliphatic hydroxyl groups excluding tert-OH is 1. The third kappa shape index (κ3) is 2.73. The van der Waals surface area contributed by atoms with Gasteiger partial charge in [0.05, 0.1) is 18.6 Å². The molecular weight excluding hydrogens is 338 g/mol. The second kappa shape index (κ2) is 7.02. The fraction of sp³-hybridized carbons (Fsp3) is 0.737. The third-order valence-electron chi connectivity index (χ3n) is 6.04. The fourth-order valence-electron chi connectivity index (χ4n) is 4.46. The van der Waals surface area contributed by atoms with Crippen molar-refractivity contribution in [2.24, 2.45) is 11.8 Å². The maximum Gasteiger partial charge on any atom is 0.339 e. The topological polar surface area (TPSA) is 102 Å². The van der Waals surface area contributed by atoms with Crippen molar-refractivity contribution < 1.29 is 29.0 Å². The van der Waals surface area contributed by atoms with Gasteiger partial charge in [0.25, 0.3) is 0 Å². The van der Waals surface area contributed by atoms with E-state index in [9.17, 15) is 19.5 Å². The number of fused-ring (bicyclic) bond motifs is 1. The van der Waals surface area contributed by atoms with Crippen LogP contribution in [-0.2, 0) is 23.9 Å². The highest BCUT2D eigenvalue weighted by Gasteiger charge is 2.79. The summed E-state index contributed by atoms with van der Waals surface area (Å²) in [5.41, 5.74) is -2.47. The van der Waals surface area contributed by atoms with Crippen molar-refractivity contribution in [3.63, 3.8) is 0 Å². The summed E-state index contributed by atoms with van der Waals surface area (Å²) in [4.78, 5) is 36.2. The second-order valence-electron chi connectivity index (χ2n) is 7.53. The average molecular weight is 365 g/mol. The van der Waals surface area contributed by atoms with Crippen LogP contribution in [0.15, 0.2) is 12.2 Å². The number of amides is 1. The van der Waals surface area contributed by atoms with Crippen molar-refractivity contribution in [2.75, 3.05) is 6.61 Å². The smallest absolute Gasteiger partial charge is 0.339 e. The minimum atomic E-state index is -1.39. The van der Waals surface area contributed by atoms with Crippen molar-refractivity contribution in [2.45, 2.75) is 69.6 Å². The molecule has 0 bridgehead atoms. The van der Waals surface area contributed by atoms with Gasteiger partial charge in [0, 0.05) is 12.3 Å². The molecule has 0 aromatic rings. The molecule has 5 atom stereocenters.